The largest absolute Gasteiger partial charge is 0.507 e. The molecule has 1 rings (SSSR count). The van der Waals surface area contributed by atoms with Gasteiger partial charge in [-0.3, -0.25) is 5.84 Å². The average Bonchev–Trinajstić information content (AvgIpc) is 2.09. The van der Waals surface area contributed by atoms with Crippen molar-refractivity contribution in [2.45, 2.75) is 0 Å². The summed E-state index contributed by atoms with van der Waals surface area (Å²) in [6.45, 7) is 0. The van der Waals surface area contributed by atoms with E-state index in [0.29, 0.717) is 5.56 Å². The predicted octanol–water partition coefficient (Wildman–Crippen LogP) is -0.306. The van der Waals surface area contributed by atoms with Crippen molar-refractivity contribution in [3.8, 4) is 5.75 Å². The van der Waals surface area contributed by atoms with Gasteiger partial charge in [0.1, 0.15) is 5.75 Å². The summed E-state index contributed by atoms with van der Waals surface area (Å²) in [4.78, 5) is 0. The van der Waals surface area contributed by atoms with Gasteiger partial charge >= 0.3 is 0 Å². The molecule has 0 aliphatic heterocycles. The Bertz CT molecular complexity index is 274. The molecular formula is C7H10N4O. The second-order valence-electron chi connectivity index (χ2n) is 2.07. The number of nitrogens with one attached hydrogen (secondary N) is 2. The zero-order valence-electron chi connectivity index (χ0n) is 6.36. The summed E-state index contributed by atoms with van der Waals surface area (Å²) >= 11 is 0. The maximum absolute atomic E-state index is 9.24. The summed E-state index contributed by atoms with van der Waals surface area (Å²) in [5, 5.41) is 12.9. The van der Waals surface area contributed by atoms with E-state index >= 15 is 0 Å². The SMILES string of the molecule is NNNN=Cc1ccccc1O. The number of aromatic hydroxyl groups is 1. The summed E-state index contributed by atoms with van der Waals surface area (Å²) in [6.07, 6.45) is 1.45. The molecule has 0 spiro atoms. The average molecular weight is 166 g/mol. The second kappa shape index (κ2) is 4.32. The lowest BCUT2D eigenvalue weighted by molar-refractivity contribution is 0.474. The Morgan fingerprint density at radius 2 is 2.17 bits per heavy atom. The molecule has 64 valence electrons. The molecule has 0 aliphatic rings. The Morgan fingerprint density at radius 1 is 1.42 bits per heavy atom. The third-order valence-corrected chi connectivity index (χ3v) is 1.27. The van der Waals surface area contributed by atoms with Gasteiger partial charge in [0.05, 0.1) is 6.21 Å². The molecule has 1 aromatic carbocycles. The van der Waals surface area contributed by atoms with Gasteiger partial charge in [0, 0.05) is 5.56 Å². The summed E-state index contributed by atoms with van der Waals surface area (Å²) in [5.74, 6) is 5.07. The van der Waals surface area contributed by atoms with Crippen LogP contribution in [-0.4, -0.2) is 11.3 Å². The Balaban J connectivity index is 2.68. The van der Waals surface area contributed by atoms with Crippen LogP contribution >= 0.6 is 0 Å². The second-order valence-corrected chi connectivity index (χ2v) is 2.07. The van der Waals surface area contributed by atoms with Crippen LogP contribution in [0.5, 0.6) is 5.75 Å². The fraction of sp³-hybridized carbons (Fsp3) is 0. The van der Waals surface area contributed by atoms with Crippen LogP contribution in [0.1, 0.15) is 5.56 Å². The molecule has 1 aromatic rings. The van der Waals surface area contributed by atoms with Crippen LogP contribution in [0, 0.1) is 0 Å². The summed E-state index contributed by atoms with van der Waals surface area (Å²) in [6, 6.07) is 6.85. The maximum atomic E-state index is 9.24. The van der Waals surface area contributed by atoms with E-state index in [-0.39, 0.29) is 5.75 Å². The van der Waals surface area contributed by atoms with Crippen molar-refractivity contribution in [1.82, 2.24) is 11.1 Å². The highest BCUT2D eigenvalue weighted by Crippen LogP contribution is 2.12. The van der Waals surface area contributed by atoms with E-state index in [4.69, 9.17) is 5.84 Å². The molecule has 0 radical (unpaired) electrons. The number of para-hydroxylation sites is 1. The van der Waals surface area contributed by atoms with Crippen molar-refractivity contribution in [2.75, 3.05) is 0 Å². The van der Waals surface area contributed by atoms with Crippen molar-refractivity contribution < 1.29 is 5.11 Å². The highest BCUT2D eigenvalue weighted by Gasteiger charge is 1.93. The monoisotopic (exact) mass is 166 g/mol. The van der Waals surface area contributed by atoms with Crippen LogP contribution in [-0.2, 0) is 0 Å². The van der Waals surface area contributed by atoms with Gasteiger partial charge in [-0.2, -0.15) is 10.6 Å². The molecule has 0 aromatic heterocycles. The highest BCUT2D eigenvalue weighted by molar-refractivity contribution is 5.82. The van der Waals surface area contributed by atoms with E-state index in [1.54, 1.807) is 24.3 Å². The molecule has 0 saturated heterocycles. The summed E-state index contributed by atoms with van der Waals surface area (Å²) in [5.41, 5.74) is 5.06. The number of nitrogens with zero attached hydrogens (tertiary/aromatic N) is 1. The molecule has 0 fully saturated rings. The molecule has 0 heterocycles. The third kappa shape index (κ3) is 2.22. The molecule has 0 saturated carbocycles. The lowest BCUT2D eigenvalue weighted by Gasteiger charge is -1.97. The molecule has 5 N–H and O–H groups in total. The topological polar surface area (TPSA) is 82.7 Å². The van der Waals surface area contributed by atoms with Crippen LogP contribution in [0.25, 0.3) is 0 Å². The summed E-state index contributed by atoms with van der Waals surface area (Å²) < 4.78 is 0. The minimum atomic E-state index is 0.181. The number of hydrogen-bond acceptors (Lipinski definition) is 5. The number of hydrogen-bond donors (Lipinski definition) is 4. The van der Waals surface area contributed by atoms with E-state index in [1.807, 2.05) is 0 Å². The number of hydrazone groups is 1. The minimum Gasteiger partial charge on any atom is -0.507 e. The van der Waals surface area contributed by atoms with Crippen molar-refractivity contribution >= 4 is 6.21 Å². The number of phenolic OH excluding ortho intramolecular Hbond substituents is 1. The third-order valence-electron chi connectivity index (χ3n) is 1.27. The van der Waals surface area contributed by atoms with E-state index in [0.717, 1.165) is 0 Å². The Hall–Kier alpha value is -1.59. The van der Waals surface area contributed by atoms with E-state index in [9.17, 15) is 5.11 Å². The number of nitrogens with two attached hydrogens (primary N) is 1. The molecule has 0 aliphatic carbocycles. The number of hydrazine groups is 2. The first kappa shape index (κ1) is 8.51. The van der Waals surface area contributed by atoms with Gasteiger partial charge < -0.3 is 5.11 Å². The normalized spacial score (nSPS) is 10.4. The fourth-order valence-corrected chi connectivity index (χ4v) is 0.736. The molecule has 0 unspecified atom stereocenters. The number of rotatable bonds is 3. The first-order valence-corrected chi connectivity index (χ1v) is 3.36. The first-order chi connectivity index (χ1) is 5.84. The van der Waals surface area contributed by atoms with Gasteiger partial charge in [0.25, 0.3) is 0 Å². The van der Waals surface area contributed by atoms with E-state index < -0.39 is 0 Å². The van der Waals surface area contributed by atoms with E-state index in [2.05, 4.69) is 16.2 Å². The molecule has 0 bridgehead atoms. The van der Waals surface area contributed by atoms with Crippen molar-refractivity contribution in [2.24, 2.45) is 10.9 Å². The van der Waals surface area contributed by atoms with Crippen LogP contribution in [0.4, 0.5) is 0 Å². The predicted molar refractivity (Wildman–Crippen MR) is 46.2 cm³/mol. The van der Waals surface area contributed by atoms with Gasteiger partial charge in [-0.05, 0) is 12.1 Å². The lowest BCUT2D eigenvalue weighted by atomic mass is 10.2. The van der Waals surface area contributed by atoms with E-state index in [1.165, 1.54) is 6.21 Å². The molecule has 5 heteroatoms. The van der Waals surface area contributed by atoms with Crippen LogP contribution in [0.3, 0.4) is 0 Å². The zero-order valence-corrected chi connectivity index (χ0v) is 6.36. The Labute approximate surface area is 69.8 Å². The number of benzene rings is 1. The van der Waals surface area contributed by atoms with Crippen molar-refractivity contribution in [3.05, 3.63) is 29.8 Å². The smallest absolute Gasteiger partial charge is 0.124 e. The van der Waals surface area contributed by atoms with Gasteiger partial charge in [0.2, 0.25) is 0 Å². The van der Waals surface area contributed by atoms with Crippen molar-refractivity contribution in [1.29, 1.82) is 0 Å². The highest BCUT2D eigenvalue weighted by atomic mass is 16.3. The van der Waals surface area contributed by atoms with Crippen molar-refractivity contribution in [3.63, 3.8) is 0 Å². The van der Waals surface area contributed by atoms with Gasteiger partial charge in [-0.25, -0.2) is 5.53 Å². The lowest BCUT2D eigenvalue weighted by Crippen LogP contribution is -2.33. The standard InChI is InChI=1S/C7H10N4O/c8-10-11-9-5-6-3-1-2-4-7(6)12/h1-5,10-12H,8H2. The minimum absolute atomic E-state index is 0.181. The Kier molecular flexibility index (Phi) is 3.06. The fourth-order valence-electron chi connectivity index (χ4n) is 0.736. The van der Waals surface area contributed by atoms with Gasteiger partial charge in [0.15, 0.2) is 0 Å². The van der Waals surface area contributed by atoms with Crippen LogP contribution < -0.4 is 16.9 Å². The zero-order chi connectivity index (χ0) is 8.81. The Morgan fingerprint density at radius 3 is 2.83 bits per heavy atom. The number of phenols is 1. The quantitative estimate of drug-likeness (QED) is 0.282. The van der Waals surface area contributed by atoms with Crippen LogP contribution in [0.15, 0.2) is 29.4 Å². The molecular weight excluding hydrogens is 156 g/mol. The molecule has 12 heavy (non-hydrogen) atoms. The van der Waals surface area contributed by atoms with Gasteiger partial charge in [-0.1, -0.05) is 12.1 Å². The summed E-state index contributed by atoms with van der Waals surface area (Å²) in [7, 11) is 0. The molecule has 5 nitrogen and oxygen atoms in total. The first-order valence-electron chi connectivity index (χ1n) is 3.36. The van der Waals surface area contributed by atoms with Crippen LogP contribution in [0.2, 0.25) is 0 Å². The molecule has 0 atom stereocenters. The van der Waals surface area contributed by atoms with Gasteiger partial charge in [-0.15, -0.1) is 0 Å². The molecule has 0 amide bonds. The maximum Gasteiger partial charge on any atom is 0.124 e.